The molecule has 168 valence electrons. The molecule has 3 N–H and O–H groups in total. The number of aromatic nitrogens is 1. The average molecular weight is 437 g/mol. The highest BCUT2D eigenvalue weighted by molar-refractivity contribution is 6.01. The van der Waals surface area contributed by atoms with Crippen LogP contribution < -0.4 is 15.8 Å². The number of primary amides is 1. The predicted octanol–water partition coefficient (Wildman–Crippen LogP) is 2.81. The molecule has 2 bridgehead atoms. The van der Waals surface area contributed by atoms with Crippen LogP contribution >= 0.6 is 0 Å². The van der Waals surface area contributed by atoms with E-state index in [0.717, 1.165) is 17.7 Å². The number of hydrogen-bond donors (Lipinski definition) is 2. The second-order valence-electron chi connectivity index (χ2n) is 8.59. The van der Waals surface area contributed by atoms with Crippen molar-refractivity contribution in [2.24, 2.45) is 11.7 Å². The molecule has 2 aromatic rings. The molecular formula is C24H28N4O4. The van der Waals surface area contributed by atoms with E-state index in [2.05, 4.69) is 10.3 Å². The molecule has 2 aliphatic heterocycles. The van der Waals surface area contributed by atoms with Gasteiger partial charge in [0.05, 0.1) is 0 Å². The smallest absolute Gasteiger partial charge is 0.238 e. The van der Waals surface area contributed by atoms with Crippen LogP contribution in [0.4, 0.5) is 5.69 Å². The first-order valence-electron chi connectivity index (χ1n) is 11.0. The summed E-state index contributed by atoms with van der Waals surface area (Å²) in [4.78, 5) is 43.1. The van der Waals surface area contributed by atoms with Crippen LogP contribution in [0.5, 0.6) is 5.75 Å². The first kappa shape index (κ1) is 21.8. The van der Waals surface area contributed by atoms with Gasteiger partial charge in [-0.25, -0.2) is 0 Å². The van der Waals surface area contributed by atoms with Crippen molar-refractivity contribution < 1.29 is 19.1 Å². The van der Waals surface area contributed by atoms with Crippen molar-refractivity contribution in [1.29, 1.82) is 0 Å². The Hall–Kier alpha value is -3.42. The molecule has 0 saturated carbocycles. The molecule has 8 heteroatoms. The largest absolute Gasteiger partial charge is 0.468 e. The highest BCUT2D eigenvalue weighted by Gasteiger charge is 2.55. The number of nitrogens with one attached hydrogen (secondary N) is 1. The van der Waals surface area contributed by atoms with Gasteiger partial charge < -0.3 is 20.7 Å². The first-order valence-corrected chi connectivity index (χ1v) is 11.0. The Labute approximate surface area is 187 Å². The third kappa shape index (κ3) is 4.30. The molecule has 0 aliphatic carbocycles. The van der Waals surface area contributed by atoms with E-state index in [0.29, 0.717) is 38.0 Å². The minimum Gasteiger partial charge on any atom is -0.468 e. The fraction of sp³-hybridized carbons (Fsp3) is 0.417. The number of carbonyl (C=O) groups excluding carboxylic acids is 3. The summed E-state index contributed by atoms with van der Waals surface area (Å²) in [6.07, 6.45) is 6.33. The minimum absolute atomic E-state index is 0.0546. The van der Waals surface area contributed by atoms with Crippen LogP contribution in [0.3, 0.4) is 0 Å². The number of nitrogens with two attached hydrogens (primary N) is 1. The van der Waals surface area contributed by atoms with E-state index in [1.165, 1.54) is 0 Å². The van der Waals surface area contributed by atoms with Crippen LogP contribution in [-0.4, -0.2) is 39.9 Å². The zero-order valence-electron chi connectivity index (χ0n) is 18.1. The maximum absolute atomic E-state index is 13.2. The molecule has 8 nitrogen and oxygen atoms in total. The zero-order chi connectivity index (χ0) is 22.7. The lowest BCUT2D eigenvalue weighted by Crippen LogP contribution is -2.64. The Morgan fingerprint density at radius 2 is 1.94 bits per heavy atom. The fourth-order valence-corrected chi connectivity index (χ4v) is 4.77. The number of nitrogens with zero attached hydrogens (tertiary/aromatic N) is 2. The number of para-hydroxylation sites is 1. The molecule has 3 heterocycles. The van der Waals surface area contributed by atoms with Gasteiger partial charge in [0.2, 0.25) is 17.7 Å². The Kier molecular flexibility index (Phi) is 6.12. The van der Waals surface area contributed by atoms with E-state index >= 15 is 0 Å². The molecule has 1 aromatic carbocycles. The maximum atomic E-state index is 13.2. The number of carbonyl (C=O) groups is 3. The van der Waals surface area contributed by atoms with Crippen LogP contribution in [0.25, 0.3) is 0 Å². The van der Waals surface area contributed by atoms with E-state index in [-0.39, 0.29) is 17.7 Å². The molecule has 1 saturated heterocycles. The Balaban J connectivity index is 1.36. The number of amides is 3. The molecule has 3 atom stereocenters. The van der Waals surface area contributed by atoms with Gasteiger partial charge in [-0.1, -0.05) is 24.6 Å². The summed E-state index contributed by atoms with van der Waals surface area (Å²) in [6.45, 7) is 2.34. The maximum Gasteiger partial charge on any atom is 0.238 e. The number of likely N-dealkylation sites (tertiary alicyclic amines) is 1. The lowest BCUT2D eigenvalue weighted by Gasteiger charge is -2.52. The highest BCUT2D eigenvalue weighted by Crippen LogP contribution is 2.50. The number of fused-ring (bicyclic) bond motifs is 4. The molecule has 1 aromatic heterocycles. The van der Waals surface area contributed by atoms with Crippen LogP contribution in [0.15, 0.2) is 48.8 Å². The van der Waals surface area contributed by atoms with Crippen molar-refractivity contribution in [2.45, 2.75) is 50.7 Å². The van der Waals surface area contributed by atoms with Gasteiger partial charge >= 0.3 is 0 Å². The SMILES string of the molecule is CC12CC(c3ccccc3O1)C(C(N)=O)C(=O)N2CCCCCC(=O)Nc1ccncc1. The average Bonchev–Trinajstić information content (AvgIpc) is 2.75. The Morgan fingerprint density at radius 3 is 2.69 bits per heavy atom. The van der Waals surface area contributed by atoms with Crippen molar-refractivity contribution in [1.82, 2.24) is 9.88 Å². The Morgan fingerprint density at radius 1 is 1.19 bits per heavy atom. The van der Waals surface area contributed by atoms with Gasteiger partial charge in [0.15, 0.2) is 5.72 Å². The van der Waals surface area contributed by atoms with Gasteiger partial charge in [-0.2, -0.15) is 0 Å². The molecule has 0 spiro atoms. The summed E-state index contributed by atoms with van der Waals surface area (Å²) < 4.78 is 6.25. The van der Waals surface area contributed by atoms with Crippen molar-refractivity contribution in [3.05, 3.63) is 54.4 Å². The van der Waals surface area contributed by atoms with E-state index in [1.54, 1.807) is 29.4 Å². The quantitative estimate of drug-likeness (QED) is 0.488. The summed E-state index contributed by atoms with van der Waals surface area (Å²) >= 11 is 0. The number of unbranched alkanes of at least 4 members (excludes halogenated alkanes) is 2. The standard InChI is InChI=1S/C24H28N4O4/c1-24-15-18(17-7-4-5-8-19(17)32-24)21(22(25)30)23(31)28(24)14-6-2-3-9-20(29)27-16-10-12-26-13-11-16/h4-5,7-8,10-13,18,21H,2-3,6,9,14-15H2,1H3,(H2,25,30)(H,26,27,29). The zero-order valence-corrected chi connectivity index (χ0v) is 18.1. The lowest BCUT2D eigenvalue weighted by molar-refractivity contribution is -0.175. The van der Waals surface area contributed by atoms with E-state index in [4.69, 9.17) is 10.5 Å². The second kappa shape index (κ2) is 8.98. The van der Waals surface area contributed by atoms with Crippen LogP contribution in [-0.2, 0) is 14.4 Å². The highest BCUT2D eigenvalue weighted by atomic mass is 16.5. The Bertz CT molecular complexity index is 1010. The van der Waals surface area contributed by atoms with Crippen LogP contribution in [0.2, 0.25) is 0 Å². The van der Waals surface area contributed by atoms with Gasteiger partial charge in [0, 0.05) is 43.4 Å². The molecule has 0 radical (unpaired) electrons. The molecular weight excluding hydrogens is 408 g/mol. The third-order valence-electron chi connectivity index (χ3n) is 6.31. The number of anilines is 1. The van der Waals surface area contributed by atoms with Gasteiger partial charge in [-0.15, -0.1) is 0 Å². The first-order chi connectivity index (χ1) is 15.4. The van der Waals surface area contributed by atoms with E-state index < -0.39 is 17.6 Å². The van der Waals surface area contributed by atoms with Gasteiger partial charge in [-0.05, 0) is 43.5 Å². The summed E-state index contributed by atoms with van der Waals surface area (Å²) in [6, 6.07) is 11.0. The number of ether oxygens (including phenoxy) is 1. The monoisotopic (exact) mass is 436 g/mol. The predicted molar refractivity (Wildman–Crippen MR) is 119 cm³/mol. The van der Waals surface area contributed by atoms with E-state index in [9.17, 15) is 14.4 Å². The minimum atomic E-state index is -0.890. The van der Waals surface area contributed by atoms with Crippen LogP contribution in [0.1, 0.15) is 50.5 Å². The normalized spacial score (nSPS) is 23.8. The third-order valence-corrected chi connectivity index (χ3v) is 6.31. The number of piperidine rings is 1. The summed E-state index contributed by atoms with van der Waals surface area (Å²) in [5.74, 6) is -1.40. The lowest BCUT2D eigenvalue weighted by atomic mass is 9.73. The van der Waals surface area contributed by atoms with Crippen molar-refractivity contribution >= 4 is 23.4 Å². The molecule has 32 heavy (non-hydrogen) atoms. The van der Waals surface area contributed by atoms with Gasteiger partial charge in [-0.3, -0.25) is 19.4 Å². The molecule has 4 rings (SSSR count). The number of rotatable bonds is 8. The second-order valence-corrected chi connectivity index (χ2v) is 8.59. The number of hydrogen-bond acceptors (Lipinski definition) is 5. The van der Waals surface area contributed by atoms with Gasteiger partial charge in [0.1, 0.15) is 11.7 Å². The number of benzene rings is 1. The van der Waals surface area contributed by atoms with Gasteiger partial charge in [0.25, 0.3) is 0 Å². The van der Waals surface area contributed by atoms with E-state index in [1.807, 2.05) is 31.2 Å². The van der Waals surface area contributed by atoms with Crippen molar-refractivity contribution in [3.63, 3.8) is 0 Å². The molecule has 3 amide bonds. The summed E-state index contributed by atoms with van der Waals surface area (Å²) in [7, 11) is 0. The fourth-order valence-electron chi connectivity index (χ4n) is 4.77. The summed E-state index contributed by atoms with van der Waals surface area (Å²) in [5.41, 5.74) is 6.42. The number of pyridine rings is 1. The topological polar surface area (TPSA) is 115 Å². The van der Waals surface area contributed by atoms with Crippen molar-refractivity contribution in [3.8, 4) is 5.75 Å². The van der Waals surface area contributed by atoms with Crippen molar-refractivity contribution in [2.75, 3.05) is 11.9 Å². The van der Waals surface area contributed by atoms with Crippen LogP contribution in [0, 0.1) is 5.92 Å². The molecule has 1 fully saturated rings. The summed E-state index contributed by atoms with van der Waals surface area (Å²) in [5, 5.41) is 2.84. The molecule has 3 unspecified atom stereocenters. The molecule has 2 aliphatic rings.